The Kier molecular flexibility index (Phi) is 5.82. The van der Waals surface area contributed by atoms with Crippen molar-refractivity contribution in [2.45, 2.75) is 19.6 Å². The summed E-state index contributed by atoms with van der Waals surface area (Å²) in [4.78, 5) is 27.1. The van der Waals surface area contributed by atoms with Gasteiger partial charge in [-0.1, -0.05) is 29.8 Å². The molecule has 2 amide bonds. The highest BCUT2D eigenvalue weighted by atomic mass is 35.5. The first-order valence-corrected chi connectivity index (χ1v) is 10.1. The van der Waals surface area contributed by atoms with Crippen LogP contribution < -0.4 is 19.7 Å². The highest BCUT2D eigenvalue weighted by molar-refractivity contribution is 6.31. The predicted molar refractivity (Wildman–Crippen MR) is 120 cm³/mol. The van der Waals surface area contributed by atoms with Gasteiger partial charge in [-0.05, 0) is 61.0 Å². The van der Waals surface area contributed by atoms with E-state index in [0.717, 1.165) is 5.56 Å². The van der Waals surface area contributed by atoms with Crippen LogP contribution in [0.4, 0.5) is 11.4 Å². The third-order valence-electron chi connectivity index (χ3n) is 5.06. The van der Waals surface area contributed by atoms with Crippen LogP contribution in [0, 0.1) is 0 Å². The first-order chi connectivity index (χ1) is 15.0. The second-order valence-electron chi connectivity index (χ2n) is 7.14. The zero-order chi connectivity index (χ0) is 22.0. The van der Waals surface area contributed by atoms with E-state index in [4.69, 9.17) is 21.1 Å². The molecule has 0 saturated carbocycles. The number of ether oxygens (including phenoxy) is 2. The van der Waals surface area contributed by atoms with Crippen molar-refractivity contribution >= 4 is 34.8 Å². The standard InChI is InChI=1S/C24H21ClN2O4/c1-15-24(29)27(14-17-5-3-4-6-20(17)25)21-13-18(9-12-22(21)31-15)26-23(28)16-7-10-19(30-2)11-8-16/h3-13,15H,14H2,1-2H3,(H,26,28). The number of benzene rings is 3. The first-order valence-electron chi connectivity index (χ1n) is 9.77. The quantitative estimate of drug-likeness (QED) is 0.616. The van der Waals surface area contributed by atoms with E-state index in [1.165, 1.54) is 0 Å². The number of nitrogens with zero attached hydrogens (tertiary/aromatic N) is 1. The van der Waals surface area contributed by atoms with Crippen LogP contribution in [-0.2, 0) is 11.3 Å². The average molecular weight is 437 g/mol. The predicted octanol–water partition coefficient (Wildman–Crippen LogP) is 4.92. The van der Waals surface area contributed by atoms with E-state index in [-0.39, 0.29) is 11.8 Å². The number of anilines is 2. The van der Waals surface area contributed by atoms with Crippen molar-refractivity contribution in [3.63, 3.8) is 0 Å². The second kappa shape index (κ2) is 8.70. The summed E-state index contributed by atoms with van der Waals surface area (Å²) < 4.78 is 10.9. The highest BCUT2D eigenvalue weighted by Gasteiger charge is 2.32. The number of fused-ring (bicyclic) bond motifs is 1. The second-order valence-corrected chi connectivity index (χ2v) is 7.55. The van der Waals surface area contributed by atoms with Gasteiger partial charge in [0.05, 0.1) is 19.3 Å². The minimum Gasteiger partial charge on any atom is -0.497 e. The largest absolute Gasteiger partial charge is 0.497 e. The van der Waals surface area contributed by atoms with Gasteiger partial charge < -0.3 is 19.7 Å². The number of hydrogen-bond acceptors (Lipinski definition) is 4. The number of methoxy groups -OCH3 is 1. The lowest BCUT2D eigenvalue weighted by Gasteiger charge is -2.33. The van der Waals surface area contributed by atoms with Gasteiger partial charge in [0.2, 0.25) is 0 Å². The zero-order valence-electron chi connectivity index (χ0n) is 17.1. The van der Waals surface area contributed by atoms with Gasteiger partial charge in [0.15, 0.2) is 6.10 Å². The Morgan fingerprint density at radius 1 is 1.13 bits per heavy atom. The first kappa shape index (κ1) is 20.8. The molecule has 0 aliphatic carbocycles. The van der Waals surface area contributed by atoms with E-state index in [1.54, 1.807) is 67.5 Å². The van der Waals surface area contributed by atoms with E-state index in [2.05, 4.69) is 5.32 Å². The minimum absolute atomic E-state index is 0.175. The molecular formula is C24H21ClN2O4. The topological polar surface area (TPSA) is 67.9 Å². The highest BCUT2D eigenvalue weighted by Crippen LogP contribution is 2.38. The molecule has 0 saturated heterocycles. The van der Waals surface area contributed by atoms with Gasteiger partial charge >= 0.3 is 0 Å². The van der Waals surface area contributed by atoms with Gasteiger partial charge in [0.25, 0.3) is 11.8 Å². The van der Waals surface area contributed by atoms with Gasteiger partial charge in [0.1, 0.15) is 11.5 Å². The van der Waals surface area contributed by atoms with Gasteiger partial charge in [-0.3, -0.25) is 9.59 Å². The van der Waals surface area contributed by atoms with Crippen LogP contribution in [0.1, 0.15) is 22.8 Å². The van der Waals surface area contributed by atoms with Crippen LogP contribution in [0.5, 0.6) is 11.5 Å². The maximum atomic E-state index is 12.9. The fourth-order valence-electron chi connectivity index (χ4n) is 3.39. The molecule has 4 rings (SSSR count). The van der Waals surface area contributed by atoms with Crippen LogP contribution >= 0.6 is 11.6 Å². The minimum atomic E-state index is -0.616. The normalized spacial score (nSPS) is 15.1. The molecule has 1 aliphatic heterocycles. The lowest BCUT2D eigenvalue weighted by Crippen LogP contribution is -2.44. The van der Waals surface area contributed by atoms with Gasteiger partial charge in [-0.15, -0.1) is 0 Å². The zero-order valence-corrected chi connectivity index (χ0v) is 17.8. The molecule has 0 bridgehead atoms. The summed E-state index contributed by atoms with van der Waals surface area (Å²) >= 11 is 6.31. The summed E-state index contributed by atoms with van der Waals surface area (Å²) in [6, 6.07) is 19.4. The van der Waals surface area contributed by atoms with Gasteiger partial charge in [0, 0.05) is 16.3 Å². The molecule has 1 unspecified atom stereocenters. The van der Waals surface area contributed by atoms with Crippen molar-refractivity contribution in [2.24, 2.45) is 0 Å². The average Bonchev–Trinajstić information content (AvgIpc) is 2.78. The molecule has 0 aromatic heterocycles. The van der Waals surface area contributed by atoms with Crippen molar-refractivity contribution in [2.75, 3.05) is 17.3 Å². The van der Waals surface area contributed by atoms with Crippen molar-refractivity contribution in [3.05, 3.63) is 82.9 Å². The smallest absolute Gasteiger partial charge is 0.268 e. The van der Waals surface area contributed by atoms with E-state index >= 15 is 0 Å². The Morgan fingerprint density at radius 2 is 1.87 bits per heavy atom. The molecule has 7 heteroatoms. The lowest BCUT2D eigenvalue weighted by molar-refractivity contribution is -0.125. The molecule has 6 nitrogen and oxygen atoms in total. The SMILES string of the molecule is COc1ccc(C(=O)Nc2ccc3c(c2)N(Cc2ccccc2Cl)C(=O)C(C)O3)cc1. The summed E-state index contributed by atoms with van der Waals surface area (Å²) in [6.45, 7) is 2.01. The number of rotatable bonds is 5. The Hall–Kier alpha value is -3.51. The molecule has 3 aromatic carbocycles. The molecule has 1 N–H and O–H groups in total. The Morgan fingerprint density at radius 3 is 2.58 bits per heavy atom. The van der Waals surface area contributed by atoms with Crippen molar-refractivity contribution < 1.29 is 19.1 Å². The number of halogens is 1. The Labute approximate surface area is 185 Å². The van der Waals surface area contributed by atoms with Crippen LogP contribution in [0.25, 0.3) is 0 Å². The maximum Gasteiger partial charge on any atom is 0.268 e. The summed E-state index contributed by atoms with van der Waals surface area (Å²) in [6.07, 6.45) is -0.616. The summed E-state index contributed by atoms with van der Waals surface area (Å²) in [7, 11) is 1.57. The number of amides is 2. The molecule has 158 valence electrons. The molecule has 1 aliphatic rings. The Bertz CT molecular complexity index is 1130. The molecule has 0 radical (unpaired) electrons. The van der Waals surface area contributed by atoms with Crippen LogP contribution in [0.3, 0.4) is 0 Å². The van der Waals surface area contributed by atoms with Gasteiger partial charge in [-0.2, -0.15) is 0 Å². The van der Waals surface area contributed by atoms with E-state index in [9.17, 15) is 9.59 Å². The van der Waals surface area contributed by atoms with Crippen molar-refractivity contribution in [3.8, 4) is 11.5 Å². The van der Waals surface area contributed by atoms with E-state index < -0.39 is 6.10 Å². The molecule has 1 atom stereocenters. The molecule has 0 spiro atoms. The van der Waals surface area contributed by atoms with E-state index in [1.807, 2.05) is 18.2 Å². The summed E-state index contributed by atoms with van der Waals surface area (Å²) in [5, 5.41) is 3.45. The third-order valence-corrected chi connectivity index (χ3v) is 5.43. The summed E-state index contributed by atoms with van der Waals surface area (Å²) in [5.41, 5.74) is 2.45. The van der Waals surface area contributed by atoms with Crippen molar-refractivity contribution in [1.82, 2.24) is 0 Å². The summed E-state index contributed by atoms with van der Waals surface area (Å²) in [5.74, 6) is 0.801. The molecule has 0 fully saturated rings. The molecule has 3 aromatic rings. The number of carbonyl (C=O) groups excluding carboxylic acids is 2. The van der Waals surface area contributed by atoms with Crippen molar-refractivity contribution in [1.29, 1.82) is 0 Å². The number of carbonyl (C=O) groups is 2. The van der Waals surface area contributed by atoms with E-state index in [0.29, 0.717) is 40.0 Å². The van der Waals surface area contributed by atoms with Gasteiger partial charge in [-0.25, -0.2) is 0 Å². The maximum absolute atomic E-state index is 12.9. The van der Waals surface area contributed by atoms with Crippen LogP contribution in [-0.4, -0.2) is 25.0 Å². The Balaban J connectivity index is 1.61. The fourth-order valence-corrected chi connectivity index (χ4v) is 3.59. The molecule has 1 heterocycles. The molecular weight excluding hydrogens is 416 g/mol. The molecule has 31 heavy (non-hydrogen) atoms. The fraction of sp³-hybridized carbons (Fsp3) is 0.167. The monoisotopic (exact) mass is 436 g/mol. The van der Waals surface area contributed by atoms with Crippen LogP contribution in [0.15, 0.2) is 66.7 Å². The third kappa shape index (κ3) is 4.34. The lowest BCUT2D eigenvalue weighted by atomic mass is 10.1. The number of hydrogen-bond donors (Lipinski definition) is 1. The van der Waals surface area contributed by atoms with Crippen LogP contribution in [0.2, 0.25) is 5.02 Å². The number of nitrogens with one attached hydrogen (secondary N) is 1.